The van der Waals surface area contributed by atoms with Crippen molar-refractivity contribution >= 4 is 29.2 Å². The molecular formula is C13H12ClF5N2O4. The minimum absolute atomic E-state index is 0.346. The highest BCUT2D eigenvalue weighted by Crippen LogP contribution is 2.34. The number of rotatable bonds is 6. The first-order valence-electron chi connectivity index (χ1n) is 6.38. The lowest BCUT2D eigenvalue weighted by molar-refractivity contribution is -0.206. The number of methoxy groups -OCH3 is 1. The van der Waals surface area contributed by atoms with Crippen LogP contribution in [0.25, 0.3) is 0 Å². The second-order valence-electron chi connectivity index (χ2n) is 4.62. The molecule has 1 rings (SSSR count). The van der Waals surface area contributed by atoms with E-state index in [9.17, 15) is 31.5 Å². The number of carbonyl (C=O) groups excluding carboxylic acids is 2. The molecule has 25 heavy (non-hydrogen) atoms. The van der Waals surface area contributed by atoms with E-state index in [-0.39, 0.29) is 5.69 Å². The van der Waals surface area contributed by atoms with Gasteiger partial charge in [-0.3, -0.25) is 4.79 Å². The van der Waals surface area contributed by atoms with Crippen LogP contribution < -0.4 is 15.4 Å². The second kappa shape index (κ2) is 7.30. The van der Waals surface area contributed by atoms with Gasteiger partial charge in [0.25, 0.3) is 0 Å². The van der Waals surface area contributed by atoms with Gasteiger partial charge >= 0.3 is 23.4 Å². The molecule has 0 radical (unpaired) electrons. The third kappa shape index (κ3) is 5.34. The first kappa shape index (κ1) is 20.7. The average molecular weight is 391 g/mol. The molecule has 0 aliphatic heterocycles. The summed E-state index contributed by atoms with van der Waals surface area (Å²) in [5, 5.41) is 3.26. The van der Waals surface area contributed by atoms with Crippen LogP contribution in [-0.2, 0) is 14.3 Å². The van der Waals surface area contributed by atoms with Gasteiger partial charge in [-0.1, -0.05) is 0 Å². The lowest BCUT2D eigenvalue weighted by atomic mass is 10.1. The largest absolute Gasteiger partial charge is 0.487 e. The monoisotopic (exact) mass is 390 g/mol. The van der Waals surface area contributed by atoms with Crippen molar-refractivity contribution in [2.75, 3.05) is 12.4 Å². The van der Waals surface area contributed by atoms with Crippen LogP contribution in [0.1, 0.15) is 6.92 Å². The van der Waals surface area contributed by atoms with E-state index in [1.807, 2.05) is 0 Å². The Balaban J connectivity index is 3.21. The number of carbonyl (C=O) groups is 2. The number of halogens is 6. The molecule has 0 saturated heterocycles. The quantitative estimate of drug-likeness (QED) is 0.338. The van der Waals surface area contributed by atoms with Crippen molar-refractivity contribution in [3.8, 4) is 5.75 Å². The summed E-state index contributed by atoms with van der Waals surface area (Å²) in [6.45, 7) is 0.768. The van der Waals surface area contributed by atoms with Gasteiger partial charge in [-0.15, -0.1) is 8.78 Å². The van der Waals surface area contributed by atoms with Gasteiger partial charge < -0.3 is 20.1 Å². The molecule has 0 heterocycles. The summed E-state index contributed by atoms with van der Waals surface area (Å²) in [6.07, 6.45) is -5.29. The van der Waals surface area contributed by atoms with Crippen LogP contribution in [0.3, 0.4) is 0 Å². The van der Waals surface area contributed by atoms with E-state index in [0.29, 0.717) is 7.11 Å². The Morgan fingerprint density at radius 2 is 1.60 bits per heavy atom. The van der Waals surface area contributed by atoms with Gasteiger partial charge in [0, 0.05) is 24.2 Å². The zero-order chi connectivity index (χ0) is 19.5. The Morgan fingerprint density at radius 3 is 1.96 bits per heavy atom. The molecular weight excluding hydrogens is 379 g/mol. The van der Waals surface area contributed by atoms with Crippen LogP contribution in [0.5, 0.6) is 5.75 Å². The molecule has 0 fully saturated rings. The molecule has 1 aromatic carbocycles. The Hall–Kier alpha value is -2.30. The number of ether oxygens (including phenoxy) is 2. The zero-order valence-corrected chi connectivity index (χ0v) is 13.5. The van der Waals surface area contributed by atoms with Crippen LogP contribution in [0.2, 0.25) is 0 Å². The minimum Gasteiger partial charge on any atom is -0.466 e. The third-order valence-corrected chi connectivity index (χ3v) is 2.78. The van der Waals surface area contributed by atoms with E-state index in [1.165, 1.54) is 5.32 Å². The zero-order valence-electron chi connectivity index (χ0n) is 12.7. The van der Waals surface area contributed by atoms with E-state index in [2.05, 4.69) is 21.1 Å². The van der Waals surface area contributed by atoms with Gasteiger partial charge in [0.05, 0.1) is 7.11 Å². The van der Waals surface area contributed by atoms with Crippen molar-refractivity contribution in [3.63, 3.8) is 0 Å². The maximum Gasteiger partial charge on any atom is 0.487 e. The Labute approximate surface area is 143 Å². The summed E-state index contributed by atoms with van der Waals surface area (Å²) in [4.78, 5) is 22.9. The van der Waals surface area contributed by atoms with Crippen molar-refractivity contribution < 1.29 is 41.0 Å². The smallest absolute Gasteiger partial charge is 0.466 e. The highest BCUT2D eigenvalue weighted by molar-refractivity contribution is 6.20. The lowest BCUT2D eigenvalue weighted by Gasteiger charge is -2.34. The van der Waals surface area contributed by atoms with E-state index < -0.39 is 35.0 Å². The summed E-state index contributed by atoms with van der Waals surface area (Å²) in [6, 6.07) is 3.57. The Bertz CT molecular complexity index is 633. The fourth-order valence-electron chi connectivity index (χ4n) is 1.76. The fraction of sp³-hybridized carbons (Fsp3) is 0.385. The van der Waals surface area contributed by atoms with E-state index in [1.54, 1.807) is 5.32 Å². The molecule has 2 N–H and O–H groups in total. The molecule has 140 valence electrons. The second-order valence-corrected chi connectivity index (χ2v) is 5.06. The lowest BCUT2D eigenvalue weighted by Crippen LogP contribution is -2.69. The van der Waals surface area contributed by atoms with Crippen LogP contribution >= 0.6 is 11.6 Å². The molecule has 12 heteroatoms. The molecule has 0 saturated carbocycles. The highest BCUT2D eigenvalue weighted by atomic mass is 35.5. The molecule has 6 nitrogen and oxygen atoms in total. The molecule has 0 aliphatic rings. The first-order chi connectivity index (χ1) is 11.3. The van der Waals surface area contributed by atoms with Crippen molar-refractivity contribution in [2.45, 2.75) is 24.3 Å². The SMILES string of the molecule is COC(=O)[C@@](NC(C)=O)(Nc1ccc(OC(F)(F)Cl)cc1)C(F)(F)F. The topological polar surface area (TPSA) is 76.7 Å². The van der Waals surface area contributed by atoms with Crippen LogP contribution in [0, 0.1) is 0 Å². The number of alkyl halides is 6. The van der Waals surface area contributed by atoms with Crippen molar-refractivity contribution in [3.05, 3.63) is 24.3 Å². The van der Waals surface area contributed by atoms with Crippen LogP contribution in [-0.4, -0.2) is 36.4 Å². The van der Waals surface area contributed by atoms with Crippen molar-refractivity contribution in [1.29, 1.82) is 0 Å². The van der Waals surface area contributed by atoms with Gasteiger partial charge in [0.15, 0.2) is 0 Å². The van der Waals surface area contributed by atoms with Crippen LogP contribution in [0.4, 0.5) is 27.6 Å². The molecule has 0 spiro atoms. The van der Waals surface area contributed by atoms with Gasteiger partial charge in [-0.25, -0.2) is 4.79 Å². The minimum atomic E-state index is -5.29. The number of anilines is 1. The summed E-state index contributed by atoms with van der Waals surface area (Å²) < 4.78 is 73.5. The number of amides is 1. The molecule has 1 atom stereocenters. The predicted octanol–water partition coefficient (Wildman–Crippen LogP) is 2.83. The fourth-order valence-corrected chi connectivity index (χ4v) is 1.85. The molecule has 0 unspecified atom stereocenters. The standard InChI is InChI=1S/C13H12ClF5N2O4/c1-7(22)20-11(10(23)24-2,12(15,16)17)21-8-3-5-9(6-4-8)25-13(14,18)19/h3-6,21H,1-2H3,(H,20,22)/t11-/m1/s1. The summed E-state index contributed by atoms with van der Waals surface area (Å²) in [7, 11) is 0.700. The summed E-state index contributed by atoms with van der Waals surface area (Å²) in [5.41, 5.74) is -7.93. The molecule has 1 amide bonds. The van der Waals surface area contributed by atoms with E-state index >= 15 is 0 Å². The van der Waals surface area contributed by atoms with E-state index in [4.69, 9.17) is 0 Å². The van der Waals surface area contributed by atoms with Gasteiger partial charge in [0.2, 0.25) is 5.91 Å². The Kier molecular flexibility index (Phi) is 6.05. The number of hydrogen-bond donors (Lipinski definition) is 2. The first-order valence-corrected chi connectivity index (χ1v) is 6.76. The number of hydrogen-bond acceptors (Lipinski definition) is 5. The molecule has 0 bridgehead atoms. The Morgan fingerprint density at radius 1 is 1.08 bits per heavy atom. The van der Waals surface area contributed by atoms with Gasteiger partial charge in [-0.05, 0) is 24.3 Å². The maximum atomic E-state index is 13.4. The normalized spacial score (nSPS) is 14.2. The molecule has 1 aromatic rings. The third-order valence-electron chi connectivity index (χ3n) is 2.70. The predicted molar refractivity (Wildman–Crippen MR) is 76.1 cm³/mol. The summed E-state index contributed by atoms with van der Waals surface area (Å²) in [5.74, 6) is -3.44. The number of nitrogens with one attached hydrogen (secondary N) is 2. The van der Waals surface area contributed by atoms with Gasteiger partial charge in [0.1, 0.15) is 5.75 Å². The van der Waals surface area contributed by atoms with Gasteiger partial charge in [-0.2, -0.15) is 13.2 Å². The van der Waals surface area contributed by atoms with Crippen molar-refractivity contribution in [1.82, 2.24) is 5.32 Å². The molecule has 0 aliphatic carbocycles. The highest BCUT2D eigenvalue weighted by Gasteiger charge is 2.63. The average Bonchev–Trinajstić information content (AvgIpc) is 2.44. The summed E-state index contributed by atoms with van der Waals surface area (Å²) >= 11 is 4.56. The van der Waals surface area contributed by atoms with Crippen LogP contribution in [0.15, 0.2) is 24.3 Å². The maximum absolute atomic E-state index is 13.4. The van der Waals surface area contributed by atoms with E-state index in [0.717, 1.165) is 31.2 Å². The van der Waals surface area contributed by atoms with Crippen molar-refractivity contribution in [2.24, 2.45) is 0 Å². The number of esters is 1. The number of benzene rings is 1. The molecule has 0 aromatic heterocycles.